The molecule has 0 aliphatic carbocycles. The Morgan fingerprint density at radius 3 is 1.87 bits per heavy atom. The van der Waals surface area contributed by atoms with Crippen molar-refractivity contribution in [2.24, 2.45) is 5.73 Å². The highest BCUT2D eigenvalue weighted by Crippen LogP contribution is 2.33. The summed E-state index contributed by atoms with van der Waals surface area (Å²) in [7, 11) is 0. The molecule has 1 amide bonds. The first kappa shape index (κ1) is 38.6. The fraction of sp³-hybridized carbons (Fsp3) is 0.567. The number of nitrogens with one attached hydrogen (secondary N) is 1. The van der Waals surface area contributed by atoms with Gasteiger partial charge >= 0.3 is 35.8 Å². The van der Waals surface area contributed by atoms with Gasteiger partial charge in [0.05, 0.1) is 0 Å². The van der Waals surface area contributed by atoms with Crippen LogP contribution in [0.15, 0.2) is 30.3 Å². The lowest BCUT2D eigenvalue weighted by Crippen LogP contribution is -2.71. The Labute approximate surface area is 270 Å². The maximum absolute atomic E-state index is 13.6. The smallest absolute Gasteiger partial charge is 0.303 e. The van der Waals surface area contributed by atoms with E-state index in [9.17, 15) is 38.7 Å². The molecule has 4 N–H and O–H groups in total. The number of hydrogen-bond donors (Lipinski definition) is 3. The molecule has 260 valence electrons. The molecule has 8 atom stereocenters. The Kier molecular flexibility index (Phi) is 14.2. The third-order valence-electron chi connectivity index (χ3n) is 6.59. The summed E-state index contributed by atoms with van der Waals surface area (Å²) in [5.74, 6) is -8.72. The van der Waals surface area contributed by atoms with Crippen molar-refractivity contribution in [3.8, 4) is 0 Å². The van der Waals surface area contributed by atoms with Crippen LogP contribution in [0.25, 0.3) is 0 Å². The summed E-state index contributed by atoms with van der Waals surface area (Å²) in [6, 6.07) is 7.06. The minimum Gasteiger partial charge on any atom is -0.462 e. The number of esters is 6. The summed E-state index contributed by atoms with van der Waals surface area (Å²) in [6.45, 7) is 4.84. The number of hydrogen-bond acceptors (Lipinski definition) is 16. The van der Waals surface area contributed by atoms with Gasteiger partial charge in [0.25, 0.3) is 5.91 Å². The highest BCUT2D eigenvalue weighted by Gasteiger charge is 2.56. The highest BCUT2D eigenvalue weighted by atomic mass is 16.7. The van der Waals surface area contributed by atoms with Crippen LogP contribution < -0.4 is 11.1 Å². The SMILES string of the molecule is CC(=O)OC[C@@H](OC(C)=O)[C@@H](OC(C)=O)[C@@H](OC(C)=O)C(=O)NC[C@H]1O[C@@](O)(Cc2ccccc2)[C@H](N)[C@@H](OC(C)=O)[C@@H]1OC(C)=O. The quantitative estimate of drug-likeness (QED) is 0.159. The Hall–Kier alpha value is -4.61. The van der Waals surface area contributed by atoms with Crippen LogP contribution >= 0.6 is 0 Å². The van der Waals surface area contributed by atoms with Gasteiger partial charge in [-0.3, -0.25) is 33.6 Å². The minimum absolute atomic E-state index is 0.213. The van der Waals surface area contributed by atoms with Crippen molar-refractivity contribution in [1.82, 2.24) is 5.32 Å². The molecule has 17 nitrogen and oxygen atoms in total. The molecule has 1 aliphatic rings. The van der Waals surface area contributed by atoms with E-state index in [1.807, 2.05) is 0 Å². The summed E-state index contributed by atoms with van der Waals surface area (Å²) >= 11 is 0. The summed E-state index contributed by atoms with van der Waals surface area (Å²) in [5, 5.41) is 14.0. The number of rotatable bonds is 14. The fourth-order valence-electron chi connectivity index (χ4n) is 4.84. The third kappa shape index (κ3) is 11.9. The van der Waals surface area contributed by atoms with E-state index in [1.54, 1.807) is 30.3 Å². The second-order valence-corrected chi connectivity index (χ2v) is 10.6. The van der Waals surface area contributed by atoms with Crippen LogP contribution in [0.1, 0.15) is 47.1 Å². The van der Waals surface area contributed by atoms with E-state index in [2.05, 4.69) is 5.32 Å². The maximum atomic E-state index is 13.6. The average Bonchev–Trinajstić information content (AvgIpc) is 2.95. The fourth-order valence-corrected chi connectivity index (χ4v) is 4.84. The Morgan fingerprint density at radius 1 is 0.809 bits per heavy atom. The number of aliphatic hydroxyl groups is 1. The summed E-state index contributed by atoms with van der Waals surface area (Å²) < 4.78 is 37.1. The van der Waals surface area contributed by atoms with Crippen molar-refractivity contribution in [3.05, 3.63) is 35.9 Å². The maximum Gasteiger partial charge on any atom is 0.303 e. The third-order valence-corrected chi connectivity index (χ3v) is 6.59. The number of nitrogens with two attached hydrogens (primary N) is 1. The zero-order chi connectivity index (χ0) is 35.5. The molecule has 47 heavy (non-hydrogen) atoms. The average molecular weight is 669 g/mol. The Bertz CT molecular complexity index is 1310. The van der Waals surface area contributed by atoms with Crippen LogP contribution in [0.3, 0.4) is 0 Å². The van der Waals surface area contributed by atoms with Gasteiger partial charge in [-0.1, -0.05) is 30.3 Å². The predicted octanol–water partition coefficient (Wildman–Crippen LogP) is -1.02. The number of benzene rings is 1. The van der Waals surface area contributed by atoms with Gasteiger partial charge < -0.3 is 49.3 Å². The van der Waals surface area contributed by atoms with E-state index in [4.69, 9.17) is 38.9 Å². The molecular formula is C30H40N2O15. The molecule has 1 fully saturated rings. The molecule has 0 spiro atoms. The number of carbonyl (C=O) groups is 7. The van der Waals surface area contributed by atoms with Crippen LogP contribution in [0, 0.1) is 0 Å². The van der Waals surface area contributed by atoms with Crippen molar-refractivity contribution in [1.29, 1.82) is 0 Å². The normalized spacial score (nSPS) is 23.9. The molecule has 0 radical (unpaired) electrons. The molecule has 0 bridgehead atoms. The molecule has 1 heterocycles. The number of carbonyl (C=O) groups excluding carboxylic acids is 7. The van der Waals surface area contributed by atoms with Crippen molar-refractivity contribution in [3.63, 3.8) is 0 Å². The largest absolute Gasteiger partial charge is 0.462 e. The second kappa shape index (κ2) is 17.3. The van der Waals surface area contributed by atoms with Crippen LogP contribution in [0.2, 0.25) is 0 Å². The lowest BCUT2D eigenvalue weighted by Gasteiger charge is -2.48. The zero-order valence-electron chi connectivity index (χ0n) is 26.8. The first-order valence-electron chi connectivity index (χ1n) is 14.4. The zero-order valence-corrected chi connectivity index (χ0v) is 26.8. The topological polar surface area (TPSA) is 242 Å². The van der Waals surface area contributed by atoms with Gasteiger partial charge in [-0.25, -0.2) is 0 Å². The molecule has 0 unspecified atom stereocenters. The highest BCUT2D eigenvalue weighted by molar-refractivity contribution is 5.84. The first-order valence-corrected chi connectivity index (χ1v) is 14.4. The molecule has 0 saturated carbocycles. The lowest BCUT2D eigenvalue weighted by molar-refractivity contribution is -0.310. The van der Waals surface area contributed by atoms with Gasteiger partial charge in [0, 0.05) is 54.5 Å². The van der Waals surface area contributed by atoms with Gasteiger partial charge in [0.15, 0.2) is 30.2 Å². The molecule has 1 aliphatic heterocycles. The van der Waals surface area contributed by atoms with Crippen molar-refractivity contribution >= 4 is 41.7 Å². The Morgan fingerprint density at radius 2 is 1.36 bits per heavy atom. The van der Waals surface area contributed by atoms with Gasteiger partial charge in [-0.2, -0.15) is 0 Å². The standard InChI is InChI=1S/C30H40N2O15/c1-15(33)41-14-23(42-16(2)34)25(44-18(4)36)27(46-20(6)38)29(39)32-13-22-24(43-17(3)35)26(45-19(5)37)28(31)30(40,47-22)12-21-10-8-7-9-11-21/h7-11,22-28,40H,12-14,31H2,1-6H3,(H,32,39)/t22-,23-,24-,25-,26+,27-,28-,30+/m1/s1. The van der Waals surface area contributed by atoms with Crippen LogP contribution in [-0.2, 0) is 73.1 Å². The Balaban J connectivity index is 2.50. The van der Waals surface area contributed by atoms with Crippen molar-refractivity contribution in [2.45, 2.75) is 96.4 Å². The van der Waals surface area contributed by atoms with E-state index in [0.29, 0.717) is 5.56 Å². The molecule has 1 aromatic carbocycles. The summed E-state index contributed by atoms with van der Waals surface area (Å²) in [5.41, 5.74) is 6.91. The predicted molar refractivity (Wildman–Crippen MR) is 155 cm³/mol. The molecule has 1 aromatic rings. The van der Waals surface area contributed by atoms with Gasteiger partial charge in [-0.05, 0) is 5.56 Å². The molecular weight excluding hydrogens is 628 g/mol. The molecule has 2 rings (SSSR count). The van der Waals surface area contributed by atoms with Crippen LogP contribution in [-0.4, -0.2) is 108 Å². The molecule has 1 saturated heterocycles. The number of ether oxygens (including phenoxy) is 7. The van der Waals surface area contributed by atoms with Crippen LogP contribution in [0.5, 0.6) is 0 Å². The number of amides is 1. The summed E-state index contributed by atoms with van der Waals surface area (Å²) in [6.07, 6.45) is -10.0. The van der Waals surface area contributed by atoms with Crippen molar-refractivity contribution < 1.29 is 71.8 Å². The summed E-state index contributed by atoms with van der Waals surface area (Å²) in [4.78, 5) is 85.2. The molecule has 17 heteroatoms. The van der Waals surface area contributed by atoms with Crippen LogP contribution in [0.4, 0.5) is 0 Å². The second-order valence-electron chi connectivity index (χ2n) is 10.6. The van der Waals surface area contributed by atoms with Gasteiger partial charge in [0.1, 0.15) is 18.8 Å². The van der Waals surface area contributed by atoms with E-state index in [1.165, 1.54) is 0 Å². The van der Waals surface area contributed by atoms with Gasteiger partial charge in [-0.15, -0.1) is 0 Å². The van der Waals surface area contributed by atoms with E-state index in [-0.39, 0.29) is 6.42 Å². The van der Waals surface area contributed by atoms with E-state index in [0.717, 1.165) is 41.5 Å². The minimum atomic E-state index is -2.23. The van der Waals surface area contributed by atoms with Gasteiger partial charge in [0.2, 0.25) is 6.10 Å². The van der Waals surface area contributed by atoms with Crippen molar-refractivity contribution in [2.75, 3.05) is 13.2 Å². The van der Waals surface area contributed by atoms with E-state index < -0.39 is 103 Å². The van der Waals surface area contributed by atoms with E-state index >= 15 is 0 Å². The monoisotopic (exact) mass is 668 g/mol. The molecule has 0 aromatic heterocycles. The first-order chi connectivity index (χ1) is 21.9. The lowest BCUT2D eigenvalue weighted by atomic mass is 9.86.